The summed E-state index contributed by atoms with van der Waals surface area (Å²) < 4.78 is 0. The van der Waals surface area contributed by atoms with E-state index in [0.29, 0.717) is 6.04 Å². The van der Waals surface area contributed by atoms with E-state index in [1.165, 1.54) is 10.4 Å². The molecule has 2 aromatic heterocycles. The van der Waals surface area contributed by atoms with Crippen LogP contribution >= 0.6 is 11.3 Å². The van der Waals surface area contributed by atoms with Gasteiger partial charge in [-0.3, -0.25) is 0 Å². The first-order valence-corrected chi connectivity index (χ1v) is 7.53. The highest BCUT2D eigenvalue weighted by atomic mass is 32.1. The first kappa shape index (κ1) is 14.0. The topological polar surface area (TPSA) is 28.2 Å². The van der Waals surface area contributed by atoms with Gasteiger partial charge >= 0.3 is 0 Å². The summed E-state index contributed by atoms with van der Waals surface area (Å²) in [4.78, 5) is 8.25. The fourth-order valence-electron chi connectivity index (χ4n) is 1.95. The standard InChI is InChI=1S/C15H21N3S/c1-4-18(11-14-6-5-9-19-14)15-8-7-13(10-17-15)12(2)16-3/h5-10,12,16H,4,11H2,1-3H3. The Morgan fingerprint density at radius 2 is 2.21 bits per heavy atom. The van der Waals surface area contributed by atoms with Crippen LogP contribution in [0.3, 0.4) is 0 Å². The van der Waals surface area contributed by atoms with E-state index in [0.717, 1.165) is 18.9 Å². The Kier molecular flexibility index (Phi) is 4.93. The van der Waals surface area contributed by atoms with Crippen molar-refractivity contribution in [3.8, 4) is 0 Å². The predicted molar refractivity (Wildman–Crippen MR) is 82.8 cm³/mol. The van der Waals surface area contributed by atoms with Crippen molar-refractivity contribution in [2.75, 3.05) is 18.5 Å². The van der Waals surface area contributed by atoms with Crippen molar-refractivity contribution in [3.05, 3.63) is 46.3 Å². The summed E-state index contributed by atoms with van der Waals surface area (Å²) in [6.07, 6.45) is 1.97. The maximum atomic E-state index is 4.59. The Hall–Kier alpha value is -1.39. The molecule has 0 aliphatic rings. The molecule has 1 atom stereocenters. The molecule has 0 aliphatic carbocycles. The molecule has 4 heteroatoms. The second-order valence-corrected chi connectivity index (χ2v) is 5.59. The Bertz CT molecular complexity index is 479. The predicted octanol–water partition coefficient (Wildman–Crippen LogP) is 3.45. The second kappa shape index (κ2) is 6.68. The molecule has 0 aromatic carbocycles. The zero-order chi connectivity index (χ0) is 13.7. The lowest BCUT2D eigenvalue weighted by atomic mass is 10.1. The molecule has 3 nitrogen and oxygen atoms in total. The normalized spacial score (nSPS) is 12.4. The summed E-state index contributed by atoms with van der Waals surface area (Å²) in [5.41, 5.74) is 1.22. The van der Waals surface area contributed by atoms with E-state index >= 15 is 0 Å². The summed E-state index contributed by atoms with van der Waals surface area (Å²) >= 11 is 1.79. The summed E-state index contributed by atoms with van der Waals surface area (Å²) in [6.45, 7) is 6.20. The van der Waals surface area contributed by atoms with E-state index in [1.54, 1.807) is 11.3 Å². The highest BCUT2D eigenvalue weighted by Crippen LogP contribution is 2.19. The minimum Gasteiger partial charge on any atom is -0.352 e. The van der Waals surface area contributed by atoms with Gasteiger partial charge in [0.2, 0.25) is 0 Å². The molecule has 102 valence electrons. The average molecular weight is 275 g/mol. The number of aromatic nitrogens is 1. The van der Waals surface area contributed by atoms with Gasteiger partial charge in [-0.15, -0.1) is 11.3 Å². The zero-order valence-electron chi connectivity index (χ0n) is 11.8. The monoisotopic (exact) mass is 275 g/mol. The first-order chi connectivity index (χ1) is 9.24. The number of thiophene rings is 1. The minimum atomic E-state index is 0.342. The van der Waals surface area contributed by atoms with Crippen LogP contribution in [0.1, 0.15) is 30.3 Å². The smallest absolute Gasteiger partial charge is 0.128 e. The molecule has 0 bridgehead atoms. The fourth-order valence-corrected chi connectivity index (χ4v) is 2.67. The third-order valence-electron chi connectivity index (χ3n) is 3.34. The van der Waals surface area contributed by atoms with Gasteiger partial charge in [-0.2, -0.15) is 0 Å². The minimum absolute atomic E-state index is 0.342. The van der Waals surface area contributed by atoms with E-state index < -0.39 is 0 Å². The van der Waals surface area contributed by atoms with Gasteiger partial charge in [0.05, 0.1) is 6.54 Å². The molecule has 0 fully saturated rings. The summed E-state index contributed by atoms with van der Waals surface area (Å²) in [5.74, 6) is 1.04. The first-order valence-electron chi connectivity index (χ1n) is 6.65. The van der Waals surface area contributed by atoms with E-state index in [1.807, 2.05) is 13.2 Å². The van der Waals surface area contributed by atoms with Gasteiger partial charge in [0.25, 0.3) is 0 Å². The molecule has 0 radical (unpaired) electrons. The number of nitrogens with zero attached hydrogens (tertiary/aromatic N) is 2. The van der Waals surface area contributed by atoms with Crippen molar-refractivity contribution in [3.63, 3.8) is 0 Å². The lowest BCUT2D eigenvalue weighted by Crippen LogP contribution is -2.22. The molecule has 0 spiro atoms. The van der Waals surface area contributed by atoms with E-state index in [4.69, 9.17) is 0 Å². The van der Waals surface area contributed by atoms with Crippen LogP contribution in [0, 0.1) is 0 Å². The molecular formula is C15H21N3S. The molecule has 1 unspecified atom stereocenters. The number of anilines is 1. The number of pyridine rings is 1. The van der Waals surface area contributed by atoms with Crippen molar-refractivity contribution >= 4 is 17.2 Å². The fraction of sp³-hybridized carbons (Fsp3) is 0.400. The molecule has 0 saturated carbocycles. The van der Waals surface area contributed by atoms with Gasteiger partial charge < -0.3 is 10.2 Å². The van der Waals surface area contributed by atoms with Crippen LogP contribution in [0.4, 0.5) is 5.82 Å². The number of hydrogen-bond acceptors (Lipinski definition) is 4. The molecule has 19 heavy (non-hydrogen) atoms. The van der Waals surface area contributed by atoms with Crippen LogP contribution in [-0.4, -0.2) is 18.6 Å². The lowest BCUT2D eigenvalue weighted by molar-refractivity contribution is 0.649. The zero-order valence-corrected chi connectivity index (χ0v) is 12.6. The Morgan fingerprint density at radius 1 is 1.37 bits per heavy atom. The van der Waals surface area contributed by atoms with Crippen molar-refractivity contribution in [1.29, 1.82) is 0 Å². The molecule has 0 amide bonds. The van der Waals surface area contributed by atoms with Gasteiger partial charge in [-0.25, -0.2) is 4.98 Å². The van der Waals surface area contributed by atoms with Gasteiger partial charge in [-0.1, -0.05) is 12.1 Å². The summed E-state index contributed by atoms with van der Waals surface area (Å²) in [7, 11) is 1.97. The van der Waals surface area contributed by atoms with Crippen LogP contribution in [0.15, 0.2) is 35.8 Å². The van der Waals surface area contributed by atoms with E-state index in [-0.39, 0.29) is 0 Å². The molecule has 0 saturated heterocycles. The van der Waals surface area contributed by atoms with Crippen molar-refractivity contribution in [1.82, 2.24) is 10.3 Å². The quantitative estimate of drug-likeness (QED) is 0.875. The molecule has 2 heterocycles. The summed E-state index contributed by atoms with van der Waals surface area (Å²) in [6, 6.07) is 8.87. The highest BCUT2D eigenvalue weighted by molar-refractivity contribution is 7.09. The highest BCUT2D eigenvalue weighted by Gasteiger charge is 2.09. The Labute approximate surface area is 119 Å². The Balaban J connectivity index is 2.10. The van der Waals surface area contributed by atoms with Gasteiger partial charge in [0.1, 0.15) is 5.82 Å². The average Bonchev–Trinajstić information content (AvgIpc) is 2.97. The number of nitrogens with one attached hydrogen (secondary N) is 1. The lowest BCUT2D eigenvalue weighted by Gasteiger charge is -2.22. The van der Waals surface area contributed by atoms with Gasteiger partial charge in [0.15, 0.2) is 0 Å². The van der Waals surface area contributed by atoms with Crippen molar-refractivity contribution in [2.45, 2.75) is 26.4 Å². The molecule has 0 aliphatic heterocycles. The third kappa shape index (κ3) is 3.55. The second-order valence-electron chi connectivity index (χ2n) is 4.55. The van der Waals surface area contributed by atoms with Crippen LogP contribution in [0.2, 0.25) is 0 Å². The van der Waals surface area contributed by atoms with Crippen molar-refractivity contribution in [2.24, 2.45) is 0 Å². The molecule has 1 N–H and O–H groups in total. The van der Waals surface area contributed by atoms with Crippen molar-refractivity contribution < 1.29 is 0 Å². The van der Waals surface area contributed by atoms with E-state index in [2.05, 4.69) is 58.7 Å². The maximum absolute atomic E-state index is 4.59. The molecule has 2 rings (SSSR count). The Morgan fingerprint density at radius 3 is 2.74 bits per heavy atom. The van der Waals surface area contributed by atoms with E-state index in [9.17, 15) is 0 Å². The number of rotatable bonds is 6. The number of hydrogen-bond donors (Lipinski definition) is 1. The van der Waals surface area contributed by atoms with Gasteiger partial charge in [-0.05, 0) is 44.0 Å². The SMILES string of the molecule is CCN(Cc1cccs1)c1ccc(C(C)NC)cn1. The van der Waals surface area contributed by atoms with Crippen LogP contribution in [0.25, 0.3) is 0 Å². The molecular weight excluding hydrogens is 254 g/mol. The third-order valence-corrected chi connectivity index (χ3v) is 4.20. The summed E-state index contributed by atoms with van der Waals surface area (Å²) in [5, 5.41) is 5.35. The van der Waals surface area contributed by atoms with Crippen LogP contribution < -0.4 is 10.2 Å². The van der Waals surface area contributed by atoms with Crippen LogP contribution in [-0.2, 0) is 6.54 Å². The maximum Gasteiger partial charge on any atom is 0.128 e. The van der Waals surface area contributed by atoms with Gasteiger partial charge in [0, 0.05) is 23.7 Å². The van der Waals surface area contributed by atoms with Crippen LogP contribution in [0.5, 0.6) is 0 Å². The largest absolute Gasteiger partial charge is 0.352 e. The molecule has 2 aromatic rings.